The number of esters is 1. The summed E-state index contributed by atoms with van der Waals surface area (Å²) in [5.41, 5.74) is 0.992. The fraction of sp³-hybridized carbons (Fsp3) is 0.750. The SMILES string of the molecule is COC(=O)CCN(C(=O)C=C(C)C)C1CCCCCC1. The van der Waals surface area contributed by atoms with Crippen LogP contribution in [0.15, 0.2) is 11.6 Å². The van der Waals surface area contributed by atoms with E-state index in [2.05, 4.69) is 4.74 Å². The van der Waals surface area contributed by atoms with E-state index in [1.807, 2.05) is 18.7 Å². The van der Waals surface area contributed by atoms with Gasteiger partial charge in [-0.05, 0) is 26.7 Å². The lowest BCUT2D eigenvalue weighted by molar-refractivity contribution is -0.141. The molecule has 1 saturated carbocycles. The van der Waals surface area contributed by atoms with Crippen molar-refractivity contribution < 1.29 is 14.3 Å². The molecule has 0 atom stereocenters. The molecule has 0 aromatic heterocycles. The van der Waals surface area contributed by atoms with Gasteiger partial charge in [0.1, 0.15) is 0 Å². The fourth-order valence-electron chi connectivity index (χ4n) is 2.69. The molecular formula is C16H27NO3. The Bertz CT molecular complexity index is 351. The molecule has 1 fully saturated rings. The van der Waals surface area contributed by atoms with Crippen molar-refractivity contribution in [1.29, 1.82) is 0 Å². The number of carbonyl (C=O) groups excluding carboxylic acids is 2. The van der Waals surface area contributed by atoms with Gasteiger partial charge in [0, 0.05) is 18.7 Å². The Balaban J connectivity index is 2.73. The molecule has 4 heteroatoms. The van der Waals surface area contributed by atoms with Crippen LogP contribution in [0.1, 0.15) is 58.8 Å². The highest BCUT2D eigenvalue weighted by atomic mass is 16.5. The molecule has 0 saturated heterocycles. The Morgan fingerprint density at radius 1 is 1.15 bits per heavy atom. The van der Waals surface area contributed by atoms with Gasteiger partial charge in [0.2, 0.25) is 5.91 Å². The normalized spacial score (nSPS) is 16.1. The van der Waals surface area contributed by atoms with Gasteiger partial charge >= 0.3 is 5.97 Å². The number of carbonyl (C=O) groups is 2. The predicted octanol–water partition coefficient (Wildman–Crippen LogP) is 3.07. The van der Waals surface area contributed by atoms with E-state index >= 15 is 0 Å². The topological polar surface area (TPSA) is 46.6 Å². The van der Waals surface area contributed by atoms with Crippen molar-refractivity contribution in [2.75, 3.05) is 13.7 Å². The third-order valence-electron chi connectivity index (χ3n) is 3.75. The Labute approximate surface area is 122 Å². The maximum Gasteiger partial charge on any atom is 0.307 e. The number of rotatable bonds is 5. The number of hydrogen-bond donors (Lipinski definition) is 0. The van der Waals surface area contributed by atoms with Gasteiger partial charge in [0.15, 0.2) is 0 Å². The van der Waals surface area contributed by atoms with Gasteiger partial charge in [0.05, 0.1) is 13.5 Å². The average Bonchev–Trinajstić information content (AvgIpc) is 2.67. The lowest BCUT2D eigenvalue weighted by Crippen LogP contribution is -2.40. The molecule has 0 heterocycles. The van der Waals surface area contributed by atoms with Gasteiger partial charge < -0.3 is 9.64 Å². The van der Waals surface area contributed by atoms with Gasteiger partial charge in [-0.2, -0.15) is 0 Å². The molecular weight excluding hydrogens is 254 g/mol. The van der Waals surface area contributed by atoms with Crippen molar-refractivity contribution in [2.45, 2.75) is 64.8 Å². The number of hydrogen-bond acceptors (Lipinski definition) is 3. The molecule has 20 heavy (non-hydrogen) atoms. The number of methoxy groups -OCH3 is 1. The molecule has 0 aromatic rings. The van der Waals surface area contributed by atoms with E-state index in [9.17, 15) is 9.59 Å². The van der Waals surface area contributed by atoms with E-state index in [0.29, 0.717) is 6.54 Å². The summed E-state index contributed by atoms with van der Waals surface area (Å²) >= 11 is 0. The van der Waals surface area contributed by atoms with E-state index in [1.165, 1.54) is 32.8 Å². The van der Waals surface area contributed by atoms with Crippen LogP contribution in [0.2, 0.25) is 0 Å². The van der Waals surface area contributed by atoms with Crippen LogP contribution < -0.4 is 0 Å². The summed E-state index contributed by atoms with van der Waals surface area (Å²) in [6.45, 7) is 4.30. The second kappa shape index (κ2) is 8.77. The van der Waals surface area contributed by atoms with Crippen LogP contribution in [-0.4, -0.2) is 36.5 Å². The number of allylic oxidation sites excluding steroid dienone is 1. The molecule has 0 unspecified atom stereocenters. The van der Waals surface area contributed by atoms with Crippen molar-refractivity contribution in [2.24, 2.45) is 0 Å². The van der Waals surface area contributed by atoms with Gasteiger partial charge in [-0.1, -0.05) is 31.3 Å². The van der Waals surface area contributed by atoms with Crippen molar-refractivity contribution in [1.82, 2.24) is 4.90 Å². The van der Waals surface area contributed by atoms with Crippen molar-refractivity contribution in [3.05, 3.63) is 11.6 Å². The van der Waals surface area contributed by atoms with E-state index in [1.54, 1.807) is 6.08 Å². The predicted molar refractivity (Wildman–Crippen MR) is 79.3 cm³/mol. The van der Waals surface area contributed by atoms with Gasteiger partial charge in [-0.15, -0.1) is 0 Å². The molecule has 0 N–H and O–H groups in total. The van der Waals surface area contributed by atoms with Crippen LogP contribution in [0.5, 0.6) is 0 Å². The molecule has 1 amide bonds. The van der Waals surface area contributed by atoms with Gasteiger partial charge in [-0.25, -0.2) is 0 Å². The van der Waals surface area contributed by atoms with Crippen molar-refractivity contribution in [3.63, 3.8) is 0 Å². The van der Waals surface area contributed by atoms with Crippen LogP contribution in [-0.2, 0) is 14.3 Å². The van der Waals surface area contributed by atoms with Gasteiger partial charge in [0.25, 0.3) is 0 Å². The molecule has 0 spiro atoms. The minimum atomic E-state index is -0.256. The number of ether oxygens (including phenoxy) is 1. The van der Waals surface area contributed by atoms with Crippen LogP contribution in [0, 0.1) is 0 Å². The number of amides is 1. The molecule has 114 valence electrons. The Hall–Kier alpha value is -1.32. The minimum Gasteiger partial charge on any atom is -0.469 e. The van der Waals surface area contributed by atoms with Crippen LogP contribution in [0.4, 0.5) is 0 Å². The Morgan fingerprint density at radius 2 is 1.75 bits per heavy atom. The summed E-state index contributed by atoms with van der Waals surface area (Å²) in [7, 11) is 1.39. The molecule has 1 aliphatic rings. The second-order valence-corrected chi connectivity index (χ2v) is 5.72. The zero-order valence-electron chi connectivity index (χ0n) is 13.0. The molecule has 0 radical (unpaired) electrons. The minimum absolute atomic E-state index is 0.0285. The Morgan fingerprint density at radius 3 is 2.25 bits per heavy atom. The number of nitrogens with zero attached hydrogens (tertiary/aromatic N) is 1. The maximum atomic E-state index is 12.4. The first kappa shape index (κ1) is 16.7. The van der Waals surface area contributed by atoms with E-state index < -0.39 is 0 Å². The lowest BCUT2D eigenvalue weighted by atomic mass is 10.1. The summed E-state index contributed by atoms with van der Waals surface area (Å²) in [5, 5.41) is 0. The first-order valence-corrected chi connectivity index (χ1v) is 7.57. The van der Waals surface area contributed by atoms with Crippen LogP contribution in [0.3, 0.4) is 0 Å². The fourth-order valence-corrected chi connectivity index (χ4v) is 2.69. The zero-order chi connectivity index (χ0) is 15.0. The average molecular weight is 281 g/mol. The monoisotopic (exact) mass is 281 g/mol. The molecule has 0 aliphatic heterocycles. The zero-order valence-corrected chi connectivity index (χ0v) is 13.0. The van der Waals surface area contributed by atoms with Crippen molar-refractivity contribution in [3.8, 4) is 0 Å². The summed E-state index contributed by atoms with van der Waals surface area (Å²) in [6, 6.07) is 0.269. The lowest BCUT2D eigenvalue weighted by Gasteiger charge is -2.30. The quantitative estimate of drug-likeness (QED) is 0.442. The standard InChI is InChI=1S/C16H27NO3/c1-13(2)12-15(18)17(11-10-16(19)20-3)14-8-6-4-5-7-9-14/h12,14H,4-11H2,1-3H3. The molecule has 0 aromatic carbocycles. The van der Waals surface area contributed by atoms with E-state index in [-0.39, 0.29) is 24.3 Å². The summed E-state index contributed by atoms with van der Waals surface area (Å²) in [6.07, 6.45) is 8.86. The third-order valence-corrected chi connectivity index (χ3v) is 3.75. The first-order valence-electron chi connectivity index (χ1n) is 7.57. The first-order chi connectivity index (χ1) is 9.54. The third kappa shape index (κ3) is 5.76. The van der Waals surface area contributed by atoms with Gasteiger partial charge in [-0.3, -0.25) is 9.59 Å². The smallest absolute Gasteiger partial charge is 0.307 e. The Kier molecular flexibility index (Phi) is 7.34. The van der Waals surface area contributed by atoms with Crippen LogP contribution in [0.25, 0.3) is 0 Å². The second-order valence-electron chi connectivity index (χ2n) is 5.72. The molecule has 0 bridgehead atoms. The summed E-state index contributed by atoms with van der Waals surface area (Å²) in [4.78, 5) is 25.6. The highest BCUT2D eigenvalue weighted by Gasteiger charge is 2.24. The summed E-state index contributed by atoms with van der Waals surface area (Å²) < 4.78 is 4.68. The highest BCUT2D eigenvalue weighted by molar-refractivity contribution is 5.88. The van der Waals surface area contributed by atoms with Crippen LogP contribution >= 0.6 is 0 Å². The molecule has 1 rings (SSSR count). The van der Waals surface area contributed by atoms with E-state index in [0.717, 1.165) is 18.4 Å². The molecule has 1 aliphatic carbocycles. The molecule has 4 nitrogen and oxygen atoms in total. The maximum absolute atomic E-state index is 12.4. The highest BCUT2D eigenvalue weighted by Crippen LogP contribution is 2.22. The van der Waals surface area contributed by atoms with E-state index in [4.69, 9.17) is 0 Å². The largest absolute Gasteiger partial charge is 0.469 e. The van der Waals surface area contributed by atoms with Crippen molar-refractivity contribution >= 4 is 11.9 Å². The summed E-state index contributed by atoms with van der Waals surface area (Å²) in [5.74, 6) is -0.227.